The van der Waals surface area contributed by atoms with E-state index < -0.39 is 0 Å². The van der Waals surface area contributed by atoms with Gasteiger partial charge >= 0.3 is 0 Å². The Morgan fingerprint density at radius 3 is 2.75 bits per heavy atom. The van der Waals surface area contributed by atoms with Gasteiger partial charge in [0.1, 0.15) is 5.82 Å². The molecule has 3 nitrogen and oxygen atoms in total. The van der Waals surface area contributed by atoms with Gasteiger partial charge < -0.3 is 11.1 Å². The third-order valence-electron chi connectivity index (χ3n) is 3.10. The molecular weight excluding hydrogens is 323 g/mol. The summed E-state index contributed by atoms with van der Waals surface area (Å²) >= 11 is 3.29. The highest BCUT2D eigenvalue weighted by Crippen LogP contribution is 2.16. The first-order valence-corrected chi connectivity index (χ1v) is 7.62. The van der Waals surface area contributed by atoms with Gasteiger partial charge in [-0.15, -0.1) is 0 Å². The molecule has 0 spiro atoms. The van der Waals surface area contributed by atoms with Crippen molar-refractivity contribution in [1.29, 1.82) is 0 Å². The molecule has 0 aliphatic carbocycles. The van der Waals surface area contributed by atoms with E-state index in [9.17, 15) is 9.18 Å². The summed E-state index contributed by atoms with van der Waals surface area (Å²) in [6.07, 6.45) is 1.32. The molecule has 1 rings (SSSR count). The first-order chi connectivity index (χ1) is 9.42. The Morgan fingerprint density at radius 1 is 1.45 bits per heavy atom. The van der Waals surface area contributed by atoms with E-state index >= 15 is 0 Å². The van der Waals surface area contributed by atoms with E-state index in [2.05, 4.69) is 35.1 Å². The second-order valence-corrected chi connectivity index (χ2v) is 6.36. The van der Waals surface area contributed by atoms with Crippen LogP contribution in [-0.4, -0.2) is 12.5 Å². The van der Waals surface area contributed by atoms with E-state index in [-0.39, 0.29) is 24.2 Å². The number of hydrogen-bond acceptors (Lipinski definition) is 2. The summed E-state index contributed by atoms with van der Waals surface area (Å²) in [5.41, 5.74) is 6.15. The number of amides is 1. The van der Waals surface area contributed by atoms with Crippen molar-refractivity contribution in [1.82, 2.24) is 5.32 Å². The van der Waals surface area contributed by atoms with Crippen LogP contribution < -0.4 is 11.1 Å². The number of hydrogen-bond donors (Lipinski definition) is 2. The van der Waals surface area contributed by atoms with Gasteiger partial charge in [0.2, 0.25) is 5.91 Å². The van der Waals surface area contributed by atoms with Gasteiger partial charge in [0.25, 0.3) is 0 Å². The molecule has 0 fully saturated rings. The van der Waals surface area contributed by atoms with Crippen molar-refractivity contribution in [3.05, 3.63) is 34.1 Å². The monoisotopic (exact) mass is 344 g/mol. The zero-order valence-corrected chi connectivity index (χ0v) is 13.5. The van der Waals surface area contributed by atoms with Crippen LogP contribution in [0, 0.1) is 17.7 Å². The lowest BCUT2D eigenvalue weighted by molar-refractivity contribution is -0.122. The first kappa shape index (κ1) is 17.1. The minimum Gasteiger partial charge on any atom is -0.352 e. The molecule has 1 unspecified atom stereocenters. The van der Waals surface area contributed by atoms with E-state index in [0.29, 0.717) is 24.4 Å². The van der Waals surface area contributed by atoms with Crippen molar-refractivity contribution < 1.29 is 9.18 Å². The maximum Gasteiger partial charge on any atom is 0.220 e. The minimum atomic E-state index is -0.314. The predicted molar refractivity (Wildman–Crippen MR) is 82.6 cm³/mol. The van der Waals surface area contributed by atoms with Crippen LogP contribution in [0.4, 0.5) is 4.39 Å². The second-order valence-electron chi connectivity index (χ2n) is 5.45. The van der Waals surface area contributed by atoms with Crippen LogP contribution >= 0.6 is 15.9 Å². The summed E-state index contributed by atoms with van der Waals surface area (Å²) in [5, 5.41) is 2.75. The maximum absolute atomic E-state index is 13.5. The van der Waals surface area contributed by atoms with Crippen LogP contribution in [-0.2, 0) is 11.3 Å². The van der Waals surface area contributed by atoms with E-state index in [4.69, 9.17) is 5.73 Å². The van der Waals surface area contributed by atoms with Crippen LogP contribution in [0.25, 0.3) is 0 Å². The third-order valence-corrected chi connectivity index (χ3v) is 3.59. The van der Waals surface area contributed by atoms with Crippen molar-refractivity contribution in [2.24, 2.45) is 17.6 Å². The minimum absolute atomic E-state index is 0.0829. The summed E-state index contributed by atoms with van der Waals surface area (Å²) in [4.78, 5) is 11.9. The summed E-state index contributed by atoms with van der Waals surface area (Å²) in [6, 6.07) is 4.69. The largest absolute Gasteiger partial charge is 0.352 e. The molecule has 0 radical (unpaired) electrons. The quantitative estimate of drug-likeness (QED) is 0.797. The van der Waals surface area contributed by atoms with Crippen molar-refractivity contribution in [3.63, 3.8) is 0 Å². The molecular formula is C15H22BrFN2O. The van der Waals surface area contributed by atoms with Gasteiger partial charge in [0.05, 0.1) is 0 Å². The van der Waals surface area contributed by atoms with Gasteiger partial charge in [0, 0.05) is 23.0 Å². The normalized spacial score (nSPS) is 12.5. The van der Waals surface area contributed by atoms with Crippen LogP contribution in [0.1, 0.15) is 32.3 Å². The van der Waals surface area contributed by atoms with Crippen LogP contribution in [0.3, 0.4) is 0 Å². The average molecular weight is 345 g/mol. The molecule has 20 heavy (non-hydrogen) atoms. The van der Waals surface area contributed by atoms with Gasteiger partial charge in [-0.05, 0) is 43.0 Å². The molecule has 0 aliphatic rings. The predicted octanol–water partition coefficient (Wildman–Crippen LogP) is 3.22. The third kappa shape index (κ3) is 6.01. The van der Waals surface area contributed by atoms with Crippen LogP contribution in [0.5, 0.6) is 0 Å². The van der Waals surface area contributed by atoms with Gasteiger partial charge in [-0.25, -0.2) is 4.39 Å². The molecule has 0 bridgehead atoms. The van der Waals surface area contributed by atoms with Crippen molar-refractivity contribution in [2.45, 2.75) is 33.2 Å². The molecule has 0 saturated heterocycles. The molecule has 0 aliphatic heterocycles. The van der Waals surface area contributed by atoms with Crippen LogP contribution in [0.15, 0.2) is 22.7 Å². The molecule has 1 aromatic carbocycles. The Labute approximate surface area is 128 Å². The number of benzene rings is 1. The number of halogens is 2. The van der Waals surface area contributed by atoms with Crippen LogP contribution in [0.2, 0.25) is 0 Å². The SMILES string of the molecule is CC(C)CC(CN)CC(=O)NCc1cc(Br)ccc1F. The Hall–Kier alpha value is -0.940. The number of nitrogens with one attached hydrogen (secondary N) is 1. The van der Waals surface area contributed by atoms with E-state index in [1.165, 1.54) is 6.07 Å². The summed E-state index contributed by atoms with van der Waals surface area (Å²) in [6.45, 7) is 4.91. The van der Waals surface area contributed by atoms with Gasteiger partial charge in [-0.2, -0.15) is 0 Å². The summed E-state index contributed by atoms with van der Waals surface area (Å²) in [5.74, 6) is 0.299. The summed E-state index contributed by atoms with van der Waals surface area (Å²) < 4.78 is 14.3. The highest BCUT2D eigenvalue weighted by molar-refractivity contribution is 9.10. The van der Waals surface area contributed by atoms with Gasteiger partial charge in [-0.1, -0.05) is 29.8 Å². The first-order valence-electron chi connectivity index (χ1n) is 6.83. The van der Waals surface area contributed by atoms with Gasteiger partial charge in [0.15, 0.2) is 0 Å². The molecule has 0 heterocycles. The standard InChI is InChI=1S/C15H22BrFN2O/c1-10(2)5-11(8-18)6-15(20)19-9-12-7-13(16)3-4-14(12)17/h3-4,7,10-11H,5-6,8-9,18H2,1-2H3,(H,19,20). The Kier molecular flexibility index (Phi) is 7.16. The molecule has 0 aromatic heterocycles. The zero-order valence-electron chi connectivity index (χ0n) is 12.0. The highest BCUT2D eigenvalue weighted by Gasteiger charge is 2.14. The smallest absolute Gasteiger partial charge is 0.220 e. The zero-order chi connectivity index (χ0) is 15.1. The topological polar surface area (TPSA) is 55.1 Å². The van der Waals surface area contributed by atoms with Crippen molar-refractivity contribution >= 4 is 21.8 Å². The molecule has 1 amide bonds. The molecule has 5 heteroatoms. The fourth-order valence-electron chi connectivity index (χ4n) is 2.14. The Bertz CT molecular complexity index is 451. The molecule has 112 valence electrons. The molecule has 1 atom stereocenters. The highest BCUT2D eigenvalue weighted by atomic mass is 79.9. The molecule has 0 saturated carbocycles. The number of nitrogens with two attached hydrogens (primary N) is 1. The molecule has 3 N–H and O–H groups in total. The van der Waals surface area contributed by atoms with E-state index in [1.54, 1.807) is 12.1 Å². The lowest BCUT2D eigenvalue weighted by Gasteiger charge is -2.16. The van der Waals surface area contributed by atoms with E-state index in [0.717, 1.165) is 10.9 Å². The number of carbonyl (C=O) groups is 1. The van der Waals surface area contributed by atoms with E-state index in [1.807, 2.05) is 0 Å². The lowest BCUT2D eigenvalue weighted by Crippen LogP contribution is -2.28. The average Bonchev–Trinajstić information content (AvgIpc) is 2.38. The van der Waals surface area contributed by atoms with Gasteiger partial charge in [-0.3, -0.25) is 4.79 Å². The fourth-order valence-corrected chi connectivity index (χ4v) is 2.55. The maximum atomic E-state index is 13.5. The lowest BCUT2D eigenvalue weighted by atomic mass is 9.94. The fraction of sp³-hybridized carbons (Fsp3) is 0.533. The summed E-state index contributed by atoms with van der Waals surface area (Å²) in [7, 11) is 0. The van der Waals surface area contributed by atoms with Crippen molar-refractivity contribution in [2.75, 3.05) is 6.54 Å². The second kappa shape index (κ2) is 8.37. The number of rotatable bonds is 7. The Balaban J connectivity index is 2.48. The van der Waals surface area contributed by atoms with Crippen molar-refractivity contribution in [3.8, 4) is 0 Å². The Morgan fingerprint density at radius 2 is 2.15 bits per heavy atom. The number of carbonyl (C=O) groups excluding carboxylic acids is 1. The molecule has 1 aromatic rings.